The van der Waals surface area contributed by atoms with Gasteiger partial charge in [0.2, 0.25) is 5.79 Å². The van der Waals surface area contributed by atoms with Crippen molar-refractivity contribution in [2.75, 3.05) is 0 Å². The van der Waals surface area contributed by atoms with Gasteiger partial charge in [0.15, 0.2) is 0 Å². The summed E-state index contributed by atoms with van der Waals surface area (Å²) in [4.78, 5) is 0. The molecule has 5 unspecified atom stereocenters. The Morgan fingerprint density at radius 3 is 2.67 bits per heavy atom. The van der Waals surface area contributed by atoms with Gasteiger partial charge in [0.05, 0.1) is 6.10 Å². The number of hydrogen-bond acceptors (Lipinski definition) is 2. The van der Waals surface area contributed by atoms with E-state index in [9.17, 15) is 0 Å². The zero-order valence-corrected chi connectivity index (χ0v) is 5.04. The van der Waals surface area contributed by atoms with E-state index in [0.717, 1.165) is 11.8 Å². The van der Waals surface area contributed by atoms with Gasteiger partial charge in [-0.2, -0.15) is 0 Å². The largest absolute Gasteiger partial charge is 0.343 e. The molecule has 9 heavy (non-hydrogen) atoms. The maximum Gasteiger partial charge on any atom is 0.201 e. The van der Waals surface area contributed by atoms with Crippen molar-refractivity contribution in [2.45, 2.75) is 30.8 Å². The van der Waals surface area contributed by atoms with Crippen LogP contribution in [0.5, 0.6) is 0 Å². The fraction of sp³-hybridized carbons (Fsp3) is 1.00. The van der Waals surface area contributed by atoms with Crippen molar-refractivity contribution in [3.05, 3.63) is 0 Å². The molecule has 0 aromatic carbocycles. The Morgan fingerprint density at radius 1 is 1.22 bits per heavy atom. The van der Waals surface area contributed by atoms with Crippen molar-refractivity contribution in [3.8, 4) is 0 Å². The highest BCUT2D eigenvalue weighted by atomic mass is 16.8. The predicted molar refractivity (Wildman–Crippen MR) is 28.7 cm³/mol. The first-order chi connectivity index (χ1) is 4.42. The smallest absolute Gasteiger partial charge is 0.201 e. The molecule has 2 aliphatic carbocycles. The van der Waals surface area contributed by atoms with E-state index in [1.165, 1.54) is 12.8 Å². The van der Waals surface area contributed by atoms with Crippen LogP contribution in [-0.4, -0.2) is 18.0 Å². The molecule has 4 aliphatic rings. The molecule has 2 nitrogen and oxygen atoms in total. The molecule has 48 valence electrons. The lowest BCUT2D eigenvalue weighted by molar-refractivity contribution is -0.234. The second kappa shape index (κ2) is 0.789. The minimum absolute atomic E-state index is 0.0214. The number of rotatable bonds is 0. The van der Waals surface area contributed by atoms with Crippen LogP contribution in [0.15, 0.2) is 0 Å². The van der Waals surface area contributed by atoms with E-state index in [-0.39, 0.29) is 5.79 Å². The minimum atomic E-state index is 0.0214. The fourth-order valence-electron chi connectivity index (χ4n) is 3.09. The SMILES string of the molecule is C1CC2C3OC24OC4C13. The summed E-state index contributed by atoms with van der Waals surface area (Å²) in [6, 6.07) is 0. The van der Waals surface area contributed by atoms with E-state index < -0.39 is 0 Å². The summed E-state index contributed by atoms with van der Waals surface area (Å²) < 4.78 is 11.0. The second-order valence-corrected chi connectivity index (χ2v) is 3.69. The number of fused-ring (bicyclic) bond motifs is 1. The van der Waals surface area contributed by atoms with E-state index in [0.29, 0.717) is 12.2 Å². The number of hydrogen-bond donors (Lipinski definition) is 0. The molecule has 2 saturated carbocycles. The van der Waals surface area contributed by atoms with Crippen molar-refractivity contribution in [1.82, 2.24) is 0 Å². The predicted octanol–water partition coefficient (Wildman–Crippen LogP) is 0.520. The Balaban J connectivity index is 2.00. The monoisotopic (exact) mass is 124 g/mol. The summed E-state index contributed by atoms with van der Waals surface area (Å²) in [5.74, 6) is 1.63. The molecule has 5 atom stereocenters. The van der Waals surface area contributed by atoms with Gasteiger partial charge in [-0.25, -0.2) is 0 Å². The van der Waals surface area contributed by atoms with Gasteiger partial charge in [0.25, 0.3) is 0 Å². The summed E-state index contributed by atoms with van der Waals surface area (Å²) in [5, 5.41) is 0. The van der Waals surface area contributed by atoms with Crippen LogP contribution >= 0.6 is 0 Å². The lowest BCUT2D eigenvalue weighted by Gasteiger charge is -2.35. The van der Waals surface area contributed by atoms with Crippen LogP contribution in [0.4, 0.5) is 0 Å². The lowest BCUT2D eigenvalue weighted by atomic mass is 9.95. The highest BCUT2D eigenvalue weighted by Crippen LogP contribution is 2.73. The van der Waals surface area contributed by atoms with Crippen LogP contribution in [0, 0.1) is 11.8 Å². The molecule has 4 bridgehead atoms. The maximum atomic E-state index is 5.58. The van der Waals surface area contributed by atoms with E-state index in [1.807, 2.05) is 0 Å². The summed E-state index contributed by atoms with van der Waals surface area (Å²) >= 11 is 0. The van der Waals surface area contributed by atoms with E-state index >= 15 is 0 Å². The summed E-state index contributed by atoms with van der Waals surface area (Å²) in [6.07, 6.45) is 3.90. The van der Waals surface area contributed by atoms with Crippen LogP contribution in [0.1, 0.15) is 12.8 Å². The molecule has 0 radical (unpaired) electrons. The molecule has 1 spiro atoms. The Labute approximate surface area is 53.1 Å². The molecule has 4 rings (SSSR count). The molecule has 4 fully saturated rings. The van der Waals surface area contributed by atoms with Crippen molar-refractivity contribution >= 4 is 0 Å². The van der Waals surface area contributed by atoms with Gasteiger partial charge in [0.1, 0.15) is 6.10 Å². The van der Waals surface area contributed by atoms with Crippen molar-refractivity contribution in [3.63, 3.8) is 0 Å². The van der Waals surface area contributed by atoms with Gasteiger partial charge in [-0.15, -0.1) is 0 Å². The molecule has 2 aliphatic heterocycles. The van der Waals surface area contributed by atoms with Gasteiger partial charge in [-0.05, 0) is 12.8 Å². The Bertz CT molecular complexity index is 194. The Kier molecular flexibility index (Phi) is 0.345. The van der Waals surface area contributed by atoms with E-state index in [2.05, 4.69) is 0 Å². The summed E-state index contributed by atoms with van der Waals surface area (Å²) in [7, 11) is 0. The summed E-state index contributed by atoms with van der Waals surface area (Å²) in [5.41, 5.74) is 0. The first-order valence-corrected chi connectivity index (χ1v) is 3.77. The average Bonchev–Trinajstić information content (AvgIpc) is 2.35. The van der Waals surface area contributed by atoms with Gasteiger partial charge in [0, 0.05) is 11.8 Å². The molecule has 2 saturated heterocycles. The van der Waals surface area contributed by atoms with E-state index in [4.69, 9.17) is 9.47 Å². The van der Waals surface area contributed by atoms with Crippen LogP contribution < -0.4 is 0 Å². The van der Waals surface area contributed by atoms with E-state index in [1.54, 1.807) is 0 Å². The molecule has 0 N–H and O–H groups in total. The van der Waals surface area contributed by atoms with Crippen LogP contribution in [0.2, 0.25) is 0 Å². The number of ether oxygens (including phenoxy) is 2. The summed E-state index contributed by atoms with van der Waals surface area (Å²) in [6.45, 7) is 0. The standard InChI is InChI=1S/C7H8O2/c1-2-4-5-3(1)6-7(4,8-5)9-6/h3-6H,1-2H2. The van der Waals surface area contributed by atoms with Gasteiger partial charge >= 0.3 is 0 Å². The van der Waals surface area contributed by atoms with Gasteiger partial charge < -0.3 is 9.47 Å². The minimum Gasteiger partial charge on any atom is -0.343 e. The first-order valence-electron chi connectivity index (χ1n) is 3.77. The molecule has 2 heteroatoms. The van der Waals surface area contributed by atoms with Crippen LogP contribution in [0.3, 0.4) is 0 Å². The second-order valence-electron chi connectivity index (χ2n) is 3.69. The quantitative estimate of drug-likeness (QED) is 0.439. The molecular weight excluding hydrogens is 116 g/mol. The molecule has 2 heterocycles. The molecule has 0 aromatic heterocycles. The fourth-order valence-corrected chi connectivity index (χ4v) is 3.09. The van der Waals surface area contributed by atoms with Crippen molar-refractivity contribution in [2.24, 2.45) is 11.8 Å². The molecule has 0 amide bonds. The highest BCUT2D eigenvalue weighted by Gasteiger charge is 2.86. The third kappa shape index (κ3) is 0.204. The molecule has 0 aromatic rings. The third-order valence-electron chi connectivity index (χ3n) is 3.51. The van der Waals surface area contributed by atoms with Gasteiger partial charge in [-0.3, -0.25) is 0 Å². The highest BCUT2D eigenvalue weighted by molar-refractivity contribution is 5.26. The Morgan fingerprint density at radius 2 is 2.22 bits per heavy atom. The lowest BCUT2D eigenvalue weighted by Crippen LogP contribution is -2.44. The average molecular weight is 124 g/mol. The third-order valence-corrected chi connectivity index (χ3v) is 3.51. The Hall–Kier alpha value is -0.0800. The van der Waals surface area contributed by atoms with Crippen molar-refractivity contribution in [1.29, 1.82) is 0 Å². The maximum absolute atomic E-state index is 5.58. The van der Waals surface area contributed by atoms with Crippen molar-refractivity contribution < 1.29 is 9.47 Å². The normalized spacial score (nSPS) is 80.0. The van der Waals surface area contributed by atoms with Crippen LogP contribution in [0.25, 0.3) is 0 Å². The van der Waals surface area contributed by atoms with Crippen LogP contribution in [-0.2, 0) is 9.47 Å². The molecular formula is C7H8O2. The topological polar surface area (TPSA) is 21.8 Å². The van der Waals surface area contributed by atoms with Gasteiger partial charge in [-0.1, -0.05) is 0 Å². The first kappa shape index (κ1) is 3.94. The number of epoxide rings is 1. The zero-order valence-electron chi connectivity index (χ0n) is 5.04. The zero-order chi connectivity index (χ0) is 5.64.